The van der Waals surface area contributed by atoms with E-state index in [-0.39, 0.29) is 23.5 Å². The molecular formula is C21H36N4O3S. The second-order valence-corrected chi connectivity index (χ2v) is 11.1. The van der Waals surface area contributed by atoms with Crippen molar-refractivity contribution in [2.24, 2.45) is 5.92 Å². The molecule has 1 saturated carbocycles. The van der Waals surface area contributed by atoms with Crippen molar-refractivity contribution in [3.8, 4) is 0 Å². The van der Waals surface area contributed by atoms with E-state index in [0.29, 0.717) is 5.92 Å². The van der Waals surface area contributed by atoms with Crippen LogP contribution in [0.3, 0.4) is 0 Å². The highest BCUT2D eigenvalue weighted by molar-refractivity contribution is 7.90. The zero-order valence-electron chi connectivity index (χ0n) is 18.1. The number of rotatable bonds is 7. The summed E-state index contributed by atoms with van der Waals surface area (Å²) in [4.78, 5) is 6.91. The van der Waals surface area contributed by atoms with Gasteiger partial charge in [-0.3, -0.25) is 0 Å². The second kappa shape index (κ2) is 9.62. The first-order valence-corrected chi connectivity index (χ1v) is 12.4. The number of nitrogens with one attached hydrogen (secondary N) is 2. The molecule has 1 aromatic heterocycles. The third-order valence-corrected chi connectivity index (χ3v) is 7.79. The van der Waals surface area contributed by atoms with E-state index in [2.05, 4.69) is 45.9 Å². The monoisotopic (exact) mass is 424 g/mol. The van der Waals surface area contributed by atoms with Crippen LogP contribution in [0, 0.1) is 5.92 Å². The van der Waals surface area contributed by atoms with Gasteiger partial charge in [-0.25, -0.2) is 18.1 Å². The van der Waals surface area contributed by atoms with Crippen LogP contribution in [0.4, 0.5) is 11.5 Å². The summed E-state index contributed by atoms with van der Waals surface area (Å²) in [6.45, 7) is 10.3. The average molecular weight is 425 g/mol. The van der Waals surface area contributed by atoms with Crippen LogP contribution in [-0.4, -0.2) is 56.5 Å². The maximum Gasteiger partial charge on any atom is 0.214 e. The molecule has 2 fully saturated rings. The maximum atomic E-state index is 12.0. The number of hydrogen-bond donors (Lipinski definition) is 2. The van der Waals surface area contributed by atoms with Crippen LogP contribution in [0.2, 0.25) is 0 Å². The Kier molecular flexibility index (Phi) is 7.40. The smallest absolute Gasteiger partial charge is 0.214 e. The van der Waals surface area contributed by atoms with Gasteiger partial charge >= 0.3 is 0 Å². The standard InChI is InChI=1S/C21H36N4O3S/c1-15(2)29(26,27)24-19-7-5-18(6-8-19)11-22-20-9-10-21(23-12-20)25-13-16(3)28-17(4)14-25/h9-10,12,15-19,22,24H,5-8,11,13-14H2,1-4H3/t16-,17-,18?,19?/m1/s1. The lowest BCUT2D eigenvalue weighted by atomic mass is 9.86. The molecule has 0 amide bonds. The van der Waals surface area contributed by atoms with Gasteiger partial charge in [-0.05, 0) is 71.4 Å². The third kappa shape index (κ3) is 6.30. The Morgan fingerprint density at radius 2 is 1.79 bits per heavy atom. The van der Waals surface area contributed by atoms with Crippen molar-refractivity contribution >= 4 is 21.5 Å². The molecular weight excluding hydrogens is 388 g/mol. The summed E-state index contributed by atoms with van der Waals surface area (Å²) >= 11 is 0. The molecule has 0 spiro atoms. The van der Waals surface area contributed by atoms with Gasteiger partial charge in [-0.2, -0.15) is 0 Å². The predicted molar refractivity (Wildman–Crippen MR) is 118 cm³/mol. The van der Waals surface area contributed by atoms with Crippen molar-refractivity contribution < 1.29 is 13.2 Å². The maximum absolute atomic E-state index is 12.0. The number of sulfonamides is 1. The molecule has 0 bridgehead atoms. The van der Waals surface area contributed by atoms with Gasteiger partial charge in [0.15, 0.2) is 0 Å². The molecule has 0 aromatic carbocycles. The molecule has 29 heavy (non-hydrogen) atoms. The lowest BCUT2D eigenvalue weighted by molar-refractivity contribution is -0.00545. The third-order valence-electron chi connectivity index (χ3n) is 5.88. The molecule has 1 aliphatic heterocycles. The number of pyridine rings is 1. The van der Waals surface area contributed by atoms with Crippen molar-refractivity contribution in [3.63, 3.8) is 0 Å². The number of ether oxygens (including phenoxy) is 1. The van der Waals surface area contributed by atoms with Crippen molar-refractivity contribution in [3.05, 3.63) is 18.3 Å². The van der Waals surface area contributed by atoms with Gasteiger partial charge in [0.25, 0.3) is 0 Å². The van der Waals surface area contributed by atoms with E-state index < -0.39 is 10.0 Å². The summed E-state index contributed by atoms with van der Waals surface area (Å²) in [5.41, 5.74) is 1.03. The lowest BCUT2D eigenvalue weighted by Crippen LogP contribution is -2.45. The molecule has 1 aliphatic carbocycles. The first-order chi connectivity index (χ1) is 13.7. The number of anilines is 2. The van der Waals surface area contributed by atoms with Crippen LogP contribution >= 0.6 is 0 Å². The molecule has 2 heterocycles. The van der Waals surface area contributed by atoms with Crippen molar-refractivity contribution in [2.75, 3.05) is 29.9 Å². The summed E-state index contributed by atoms with van der Waals surface area (Å²) in [6, 6.07) is 4.25. The zero-order chi connectivity index (χ0) is 21.0. The molecule has 0 radical (unpaired) electrons. The fourth-order valence-electron chi connectivity index (χ4n) is 4.16. The van der Waals surface area contributed by atoms with E-state index in [4.69, 9.17) is 4.74 Å². The van der Waals surface area contributed by atoms with Gasteiger partial charge in [0.05, 0.1) is 29.3 Å². The van der Waals surface area contributed by atoms with Crippen molar-refractivity contribution in [1.29, 1.82) is 0 Å². The number of nitrogens with zero attached hydrogens (tertiary/aromatic N) is 2. The Labute approximate surface area is 175 Å². The zero-order valence-corrected chi connectivity index (χ0v) is 18.9. The van der Waals surface area contributed by atoms with Crippen LogP contribution < -0.4 is 14.9 Å². The summed E-state index contributed by atoms with van der Waals surface area (Å²) in [5, 5.41) is 3.13. The minimum atomic E-state index is -3.18. The fourth-order valence-corrected chi connectivity index (χ4v) is 5.13. The van der Waals surface area contributed by atoms with Crippen LogP contribution in [0.1, 0.15) is 53.4 Å². The highest BCUT2D eigenvalue weighted by atomic mass is 32.2. The van der Waals surface area contributed by atoms with Crippen molar-refractivity contribution in [2.45, 2.75) is 76.9 Å². The molecule has 2 N–H and O–H groups in total. The molecule has 8 heteroatoms. The Morgan fingerprint density at radius 3 is 2.34 bits per heavy atom. The van der Waals surface area contributed by atoms with Gasteiger partial charge < -0.3 is 15.0 Å². The topological polar surface area (TPSA) is 83.6 Å². The highest BCUT2D eigenvalue weighted by Gasteiger charge is 2.26. The molecule has 1 aromatic rings. The predicted octanol–water partition coefficient (Wildman–Crippen LogP) is 2.99. The summed E-state index contributed by atoms with van der Waals surface area (Å²) in [5.74, 6) is 1.56. The van der Waals surface area contributed by atoms with E-state index in [0.717, 1.165) is 56.8 Å². The Bertz CT molecular complexity index is 736. The molecule has 0 unspecified atom stereocenters. The molecule has 7 nitrogen and oxygen atoms in total. The lowest BCUT2D eigenvalue weighted by Gasteiger charge is -2.36. The van der Waals surface area contributed by atoms with Crippen LogP contribution in [0.5, 0.6) is 0 Å². The Balaban J connectivity index is 1.43. The first kappa shape index (κ1) is 22.3. The van der Waals surface area contributed by atoms with Gasteiger partial charge in [0, 0.05) is 25.7 Å². The molecule has 3 rings (SSSR count). The number of aromatic nitrogens is 1. The quantitative estimate of drug-likeness (QED) is 0.700. The first-order valence-electron chi connectivity index (χ1n) is 10.8. The van der Waals surface area contributed by atoms with Crippen molar-refractivity contribution in [1.82, 2.24) is 9.71 Å². The van der Waals surface area contributed by atoms with E-state index in [1.807, 2.05) is 6.20 Å². The molecule has 164 valence electrons. The average Bonchev–Trinajstić information content (AvgIpc) is 2.67. The normalized spacial score (nSPS) is 28.5. The summed E-state index contributed by atoms with van der Waals surface area (Å²) < 4.78 is 32.7. The largest absolute Gasteiger partial charge is 0.384 e. The second-order valence-electron chi connectivity index (χ2n) is 8.88. The Hall–Kier alpha value is -1.38. The minimum absolute atomic E-state index is 0.0814. The highest BCUT2D eigenvalue weighted by Crippen LogP contribution is 2.26. The molecule has 2 atom stereocenters. The van der Waals surface area contributed by atoms with E-state index in [1.54, 1.807) is 13.8 Å². The summed E-state index contributed by atoms with van der Waals surface area (Å²) in [7, 11) is -3.18. The van der Waals surface area contributed by atoms with E-state index >= 15 is 0 Å². The van der Waals surface area contributed by atoms with Gasteiger partial charge in [-0.15, -0.1) is 0 Å². The van der Waals surface area contributed by atoms with Crippen LogP contribution in [-0.2, 0) is 14.8 Å². The van der Waals surface area contributed by atoms with E-state index in [1.165, 1.54) is 0 Å². The van der Waals surface area contributed by atoms with Gasteiger partial charge in [0.2, 0.25) is 10.0 Å². The SMILES string of the molecule is CC(C)S(=O)(=O)NC1CCC(CNc2ccc(N3C[C@@H](C)O[C@H](C)C3)nc2)CC1. The van der Waals surface area contributed by atoms with Crippen LogP contribution in [0.25, 0.3) is 0 Å². The van der Waals surface area contributed by atoms with Gasteiger partial charge in [-0.1, -0.05) is 0 Å². The summed E-state index contributed by atoms with van der Waals surface area (Å²) in [6.07, 6.45) is 6.23. The van der Waals surface area contributed by atoms with Gasteiger partial charge in [0.1, 0.15) is 5.82 Å². The fraction of sp³-hybridized carbons (Fsp3) is 0.762. The number of morpholine rings is 1. The number of hydrogen-bond acceptors (Lipinski definition) is 6. The van der Waals surface area contributed by atoms with E-state index in [9.17, 15) is 8.42 Å². The molecule has 1 saturated heterocycles. The molecule has 2 aliphatic rings. The Morgan fingerprint density at radius 1 is 1.14 bits per heavy atom. The minimum Gasteiger partial charge on any atom is -0.384 e. The van der Waals surface area contributed by atoms with Crippen LogP contribution in [0.15, 0.2) is 18.3 Å².